The highest BCUT2D eigenvalue weighted by Gasteiger charge is 2.34. The quantitative estimate of drug-likeness (QED) is 0.779. The number of aromatic nitrogens is 3. The number of carbonyl (C=O) groups excluding carboxylic acids is 2. The largest absolute Gasteiger partial charge is 0.465 e. The molecule has 1 fully saturated rings. The number of likely N-dealkylation sites (tertiary alicyclic amines) is 1. The summed E-state index contributed by atoms with van der Waals surface area (Å²) in [6.07, 6.45) is 6.32. The Morgan fingerprint density at radius 2 is 1.78 bits per heavy atom. The summed E-state index contributed by atoms with van der Waals surface area (Å²) in [6, 6.07) is 6.61. The van der Waals surface area contributed by atoms with Crippen molar-refractivity contribution in [1.29, 1.82) is 0 Å². The van der Waals surface area contributed by atoms with E-state index in [0.717, 1.165) is 50.3 Å². The summed E-state index contributed by atoms with van der Waals surface area (Å²) in [5.41, 5.74) is 1.01. The van der Waals surface area contributed by atoms with Crippen LogP contribution in [0.25, 0.3) is 0 Å². The molecule has 1 saturated heterocycles. The van der Waals surface area contributed by atoms with E-state index >= 15 is 0 Å². The molecule has 7 heteroatoms. The number of methoxy groups -OCH3 is 1. The van der Waals surface area contributed by atoms with Gasteiger partial charge in [0, 0.05) is 25.1 Å². The molecule has 1 aromatic heterocycles. The fourth-order valence-corrected chi connectivity index (χ4v) is 4.06. The van der Waals surface area contributed by atoms with Gasteiger partial charge in [0.15, 0.2) is 5.82 Å². The fraction of sp³-hybridized carbons (Fsp3) is 0.500. The third-order valence-corrected chi connectivity index (χ3v) is 5.50. The van der Waals surface area contributed by atoms with Crippen molar-refractivity contribution in [2.24, 2.45) is 0 Å². The molecule has 0 spiro atoms. The number of nitrogens with zero attached hydrogens (tertiary/aromatic N) is 4. The number of fused-ring (bicyclic) bond motifs is 1. The smallest absolute Gasteiger partial charge is 0.337 e. The molecule has 2 aliphatic rings. The molecule has 1 unspecified atom stereocenters. The van der Waals surface area contributed by atoms with Gasteiger partial charge in [0.1, 0.15) is 5.82 Å². The number of rotatable bonds is 3. The highest BCUT2D eigenvalue weighted by atomic mass is 16.5. The van der Waals surface area contributed by atoms with Gasteiger partial charge in [-0.1, -0.05) is 6.42 Å². The van der Waals surface area contributed by atoms with Crippen molar-refractivity contribution >= 4 is 11.9 Å². The Morgan fingerprint density at radius 3 is 2.56 bits per heavy atom. The van der Waals surface area contributed by atoms with E-state index in [1.54, 1.807) is 24.3 Å². The molecule has 0 aliphatic carbocycles. The first-order valence-electron chi connectivity index (χ1n) is 9.60. The zero-order valence-corrected chi connectivity index (χ0v) is 15.6. The Hall–Kier alpha value is -2.70. The zero-order valence-electron chi connectivity index (χ0n) is 15.6. The minimum Gasteiger partial charge on any atom is -0.465 e. The molecule has 0 radical (unpaired) electrons. The van der Waals surface area contributed by atoms with E-state index in [1.807, 2.05) is 4.90 Å². The average molecular weight is 368 g/mol. The maximum atomic E-state index is 13.1. The lowest BCUT2D eigenvalue weighted by Crippen LogP contribution is -2.32. The first-order chi connectivity index (χ1) is 13.2. The Morgan fingerprint density at radius 1 is 1.00 bits per heavy atom. The van der Waals surface area contributed by atoms with Gasteiger partial charge in [0.05, 0.1) is 18.7 Å². The van der Waals surface area contributed by atoms with Crippen LogP contribution in [0.5, 0.6) is 0 Å². The number of esters is 1. The van der Waals surface area contributed by atoms with E-state index in [-0.39, 0.29) is 11.9 Å². The van der Waals surface area contributed by atoms with E-state index in [4.69, 9.17) is 4.74 Å². The molecule has 2 aliphatic heterocycles. The molecule has 27 heavy (non-hydrogen) atoms. The maximum Gasteiger partial charge on any atom is 0.337 e. The molecular formula is C20H24N4O3. The van der Waals surface area contributed by atoms with Crippen molar-refractivity contribution in [3.63, 3.8) is 0 Å². The predicted octanol–water partition coefficient (Wildman–Crippen LogP) is 2.77. The number of benzene rings is 1. The molecule has 1 aromatic carbocycles. The second kappa shape index (κ2) is 7.50. The van der Waals surface area contributed by atoms with Crippen LogP contribution in [0.3, 0.4) is 0 Å². The summed E-state index contributed by atoms with van der Waals surface area (Å²) in [5.74, 6) is 1.53. The van der Waals surface area contributed by atoms with Gasteiger partial charge in [-0.3, -0.25) is 4.79 Å². The first-order valence-corrected chi connectivity index (χ1v) is 9.60. The van der Waals surface area contributed by atoms with E-state index in [1.165, 1.54) is 13.5 Å². The van der Waals surface area contributed by atoms with Crippen molar-refractivity contribution in [1.82, 2.24) is 19.7 Å². The van der Waals surface area contributed by atoms with E-state index in [2.05, 4.69) is 14.8 Å². The Labute approximate surface area is 158 Å². The van der Waals surface area contributed by atoms with Crippen molar-refractivity contribution in [2.45, 2.75) is 51.1 Å². The second-order valence-electron chi connectivity index (χ2n) is 7.16. The van der Waals surface area contributed by atoms with Crippen LogP contribution >= 0.6 is 0 Å². The topological polar surface area (TPSA) is 77.3 Å². The van der Waals surface area contributed by atoms with Crippen LogP contribution in [0, 0.1) is 0 Å². The molecule has 7 nitrogen and oxygen atoms in total. The monoisotopic (exact) mass is 368 g/mol. The van der Waals surface area contributed by atoms with Gasteiger partial charge in [-0.15, -0.1) is 10.2 Å². The van der Waals surface area contributed by atoms with E-state index in [9.17, 15) is 9.59 Å². The maximum absolute atomic E-state index is 13.1. The second-order valence-corrected chi connectivity index (χ2v) is 7.16. The number of amides is 1. The van der Waals surface area contributed by atoms with Crippen molar-refractivity contribution in [3.05, 3.63) is 47.0 Å². The predicted molar refractivity (Wildman–Crippen MR) is 98.4 cm³/mol. The summed E-state index contributed by atoms with van der Waals surface area (Å²) in [6.45, 7) is 1.65. The van der Waals surface area contributed by atoms with Gasteiger partial charge < -0.3 is 14.2 Å². The molecule has 0 N–H and O–H groups in total. The minimum atomic E-state index is -0.404. The third kappa shape index (κ3) is 3.34. The zero-order chi connectivity index (χ0) is 18.8. The Balaban J connectivity index is 1.57. The number of hydrogen-bond acceptors (Lipinski definition) is 5. The SMILES string of the molecule is COC(=O)c1ccc(C(=O)N2CCCC2c2nnc3n2CCCCC3)cc1. The van der Waals surface area contributed by atoms with Crippen LogP contribution in [0.2, 0.25) is 0 Å². The van der Waals surface area contributed by atoms with Crippen LogP contribution in [-0.4, -0.2) is 45.2 Å². The summed E-state index contributed by atoms with van der Waals surface area (Å²) in [4.78, 5) is 26.6. The lowest BCUT2D eigenvalue weighted by atomic mass is 10.1. The molecule has 0 bridgehead atoms. The van der Waals surface area contributed by atoms with Crippen LogP contribution < -0.4 is 0 Å². The number of ether oxygens (including phenoxy) is 1. The van der Waals surface area contributed by atoms with Gasteiger partial charge in [0.2, 0.25) is 0 Å². The first kappa shape index (κ1) is 17.7. The summed E-state index contributed by atoms with van der Waals surface area (Å²) in [5, 5.41) is 8.85. The molecule has 1 amide bonds. The fourth-order valence-electron chi connectivity index (χ4n) is 4.06. The van der Waals surface area contributed by atoms with Crippen molar-refractivity contribution in [3.8, 4) is 0 Å². The minimum absolute atomic E-state index is 0.0279. The molecule has 3 heterocycles. The lowest BCUT2D eigenvalue weighted by molar-refractivity contribution is 0.0599. The molecular weight excluding hydrogens is 344 g/mol. The highest BCUT2D eigenvalue weighted by molar-refractivity contribution is 5.96. The Bertz CT molecular complexity index is 843. The van der Waals surface area contributed by atoms with Gasteiger partial charge in [-0.05, 0) is 49.9 Å². The summed E-state index contributed by atoms with van der Waals surface area (Å²) < 4.78 is 6.94. The third-order valence-electron chi connectivity index (χ3n) is 5.50. The van der Waals surface area contributed by atoms with Gasteiger partial charge in [-0.25, -0.2) is 4.79 Å². The average Bonchev–Trinajstić information content (AvgIpc) is 3.27. The number of carbonyl (C=O) groups is 2. The summed E-state index contributed by atoms with van der Waals surface area (Å²) in [7, 11) is 1.34. The molecule has 2 aromatic rings. The number of hydrogen-bond donors (Lipinski definition) is 0. The summed E-state index contributed by atoms with van der Waals surface area (Å²) >= 11 is 0. The Kier molecular flexibility index (Phi) is 4.92. The van der Waals surface area contributed by atoms with Crippen molar-refractivity contribution < 1.29 is 14.3 Å². The van der Waals surface area contributed by atoms with E-state index < -0.39 is 5.97 Å². The van der Waals surface area contributed by atoms with E-state index in [0.29, 0.717) is 17.7 Å². The van der Waals surface area contributed by atoms with Gasteiger partial charge in [0.25, 0.3) is 5.91 Å². The molecule has 142 valence electrons. The van der Waals surface area contributed by atoms with Crippen molar-refractivity contribution in [2.75, 3.05) is 13.7 Å². The van der Waals surface area contributed by atoms with Crippen LogP contribution in [0.1, 0.15) is 70.5 Å². The molecule has 0 saturated carbocycles. The standard InChI is InChI=1S/C20H24N4O3/c1-27-20(26)15-10-8-14(9-11-15)19(25)23-13-5-6-16(23)18-22-21-17-7-3-2-4-12-24(17)18/h8-11,16H,2-7,12-13H2,1H3. The molecule has 1 atom stereocenters. The molecule has 4 rings (SSSR count). The van der Waals surface area contributed by atoms with Gasteiger partial charge >= 0.3 is 5.97 Å². The normalized spacial score (nSPS) is 19.4. The van der Waals surface area contributed by atoms with Gasteiger partial charge in [-0.2, -0.15) is 0 Å². The van der Waals surface area contributed by atoms with Crippen LogP contribution in [0.15, 0.2) is 24.3 Å². The number of aryl methyl sites for hydroxylation is 1. The van der Waals surface area contributed by atoms with Crippen LogP contribution in [-0.2, 0) is 17.7 Å². The lowest BCUT2D eigenvalue weighted by Gasteiger charge is -2.25. The highest BCUT2D eigenvalue weighted by Crippen LogP contribution is 2.33. The van der Waals surface area contributed by atoms with Crippen LogP contribution in [0.4, 0.5) is 0 Å².